The van der Waals surface area contributed by atoms with Crippen molar-refractivity contribution in [3.05, 3.63) is 23.2 Å². The fourth-order valence-electron chi connectivity index (χ4n) is 1.83. The molecular formula is C14H14ClF3N4O2S. The lowest BCUT2D eigenvalue weighted by Crippen LogP contribution is -2.37. The van der Waals surface area contributed by atoms with E-state index in [0.717, 1.165) is 0 Å². The molecule has 2 aromatic rings. The van der Waals surface area contributed by atoms with Gasteiger partial charge >= 0.3 is 12.1 Å². The van der Waals surface area contributed by atoms with Crippen molar-refractivity contribution < 1.29 is 22.7 Å². The third kappa shape index (κ3) is 5.53. The monoisotopic (exact) mass is 394 g/mol. The maximum absolute atomic E-state index is 12.0. The number of thioether (sulfide) groups is 1. The molecule has 1 amide bonds. The largest absolute Gasteiger partial charge is 0.496 e. The Morgan fingerprint density at radius 3 is 2.88 bits per heavy atom. The van der Waals surface area contributed by atoms with Crippen LogP contribution in [0.15, 0.2) is 23.4 Å². The Balaban J connectivity index is 1.86. The van der Waals surface area contributed by atoms with Crippen LogP contribution in [0.4, 0.5) is 13.2 Å². The number of carbonyl (C=O) groups is 1. The van der Waals surface area contributed by atoms with E-state index in [9.17, 15) is 18.0 Å². The average molecular weight is 395 g/mol. The summed E-state index contributed by atoms with van der Waals surface area (Å²) in [4.78, 5) is 14.9. The van der Waals surface area contributed by atoms with Gasteiger partial charge in [-0.3, -0.25) is 9.89 Å². The highest BCUT2D eigenvalue weighted by molar-refractivity contribution is 7.99. The number of nitrogens with zero attached hydrogens (tertiary/aromatic N) is 2. The molecule has 0 radical (unpaired) electrons. The first-order valence-electron chi connectivity index (χ1n) is 7.05. The van der Waals surface area contributed by atoms with Gasteiger partial charge < -0.3 is 10.1 Å². The van der Waals surface area contributed by atoms with Gasteiger partial charge in [-0.1, -0.05) is 23.4 Å². The molecule has 0 atom stereocenters. The van der Waals surface area contributed by atoms with Crippen LogP contribution in [0.5, 0.6) is 5.75 Å². The Morgan fingerprint density at radius 1 is 1.44 bits per heavy atom. The summed E-state index contributed by atoms with van der Waals surface area (Å²) < 4.78 is 41.3. The van der Waals surface area contributed by atoms with Crippen LogP contribution in [0, 0.1) is 0 Å². The number of hydrogen-bond acceptors (Lipinski definition) is 5. The maximum Gasteiger partial charge on any atom is 0.471 e. The summed E-state index contributed by atoms with van der Waals surface area (Å²) in [6, 6.07) is 5.07. The molecule has 1 aromatic heterocycles. The zero-order chi connectivity index (χ0) is 18.4. The van der Waals surface area contributed by atoms with Gasteiger partial charge in [0.05, 0.1) is 12.7 Å². The van der Waals surface area contributed by atoms with Crippen LogP contribution in [-0.2, 0) is 4.79 Å². The summed E-state index contributed by atoms with van der Waals surface area (Å²) in [6.07, 6.45) is -4.52. The van der Waals surface area contributed by atoms with Crippen LogP contribution in [0.2, 0.25) is 5.02 Å². The van der Waals surface area contributed by atoms with Crippen molar-refractivity contribution in [2.24, 2.45) is 0 Å². The molecule has 0 unspecified atom stereocenters. The summed E-state index contributed by atoms with van der Waals surface area (Å²) in [7, 11) is 1.52. The first-order valence-corrected chi connectivity index (χ1v) is 8.41. The molecule has 0 fully saturated rings. The van der Waals surface area contributed by atoms with Gasteiger partial charge in [-0.05, 0) is 24.6 Å². The Labute approximate surface area is 150 Å². The number of benzene rings is 1. The zero-order valence-corrected chi connectivity index (χ0v) is 14.6. The van der Waals surface area contributed by atoms with Crippen LogP contribution in [0.25, 0.3) is 11.4 Å². The highest BCUT2D eigenvalue weighted by atomic mass is 35.5. The van der Waals surface area contributed by atoms with Gasteiger partial charge in [0.1, 0.15) is 5.75 Å². The summed E-state index contributed by atoms with van der Waals surface area (Å²) in [5, 5.41) is 9.54. The predicted molar refractivity (Wildman–Crippen MR) is 87.8 cm³/mol. The molecule has 1 heterocycles. The number of nitrogens with one attached hydrogen (secondary N) is 2. The normalized spacial score (nSPS) is 11.4. The number of hydrogen-bond donors (Lipinski definition) is 2. The van der Waals surface area contributed by atoms with Gasteiger partial charge in [-0.15, -0.1) is 5.10 Å². The number of halogens is 4. The number of aromatic nitrogens is 3. The SMILES string of the molecule is COc1ccc(Cl)cc1-c1nc(SCCCNC(=O)C(F)(F)F)n[nH]1. The Hall–Kier alpha value is -1.94. The third-order valence-corrected chi connectivity index (χ3v) is 4.15. The minimum atomic E-state index is -4.86. The third-order valence-electron chi connectivity index (χ3n) is 2.98. The van der Waals surface area contributed by atoms with Crippen molar-refractivity contribution in [3.63, 3.8) is 0 Å². The molecule has 0 aliphatic carbocycles. The topological polar surface area (TPSA) is 79.9 Å². The smallest absolute Gasteiger partial charge is 0.471 e. The molecule has 0 aliphatic rings. The number of alkyl halides is 3. The summed E-state index contributed by atoms with van der Waals surface area (Å²) in [6.45, 7) is -0.0786. The highest BCUT2D eigenvalue weighted by Crippen LogP contribution is 2.31. The minimum Gasteiger partial charge on any atom is -0.496 e. The number of aromatic amines is 1. The molecule has 11 heteroatoms. The summed E-state index contributed by atoms with van der Waals surface area (Å²) in [5.41, 5.74) is 0.645. The van der Waals surface area contributed by atoms with Gasteiger partial charge in [-0.2, -0.15) is 13.2 Å². The Kier molecular flexibility index (Phi) is 6.54. The molecule has 0 bridgehead atoms. The molecule has 1 aromatic carbocycles. The fourth-order valence-corrected chi connectivity index (χ4v) is 2.74. The van der Waals surface area contributed by atoms with E-state index in [-0.39, 0.29) is 6.54 Å². The van der Waals surface area contributed by atoms with Crippen LogP contribution in [0.1, 0.15) is 6.42 Å². The van der Waals surface area contributed by atoms with E-state index in [0.29, 0.717) is 39.5 Å². The van der Waals surface area contributed by atoms with Crippen molar-refractivity contribution >= 4 is 29.3 Å². The van der Waals surface area contributed by atoms with Gasteiger partial charge in [0.15, 0.2) is 5.82 Å². The second kappa shape index (κ2) is 8.43. The first-order chi connectivity index (χ1) is 11.8. The van der Waals surface area contributed by atoms with E-state index in [1.54, 1.807) is 23.5 Å². The summed E-state index contributed by atoms with van der Waals surface area (Å²) in [5.74, 6) is -0.452. The number of carbonyl (C=O) groups excluding carboxylic acids is 1. The van der Waals surface area contributed by atoms with E-state index >= 15 is 0 Å². The highest BCUT2D eigenvalue weighted by Gasteiger charge is 2.38. The van der Waals surface area contributed by atoms with Crippen LogP contribution >= 0.6 is 23.4 Å². The molecule has 2 N–H and O–H groups in total. The van der Waals surface area contributed by atoms with Crippen molar-refractivity contribution in [1.29, 1.82) is 0 Å². The van der Waals surface area contributed by atoms with E-state index in [2.05, 4.69) is 15.2 Å². The van der Waals surface area contributed by atoms with Crippen molar-refractivity contribution in [1.82, 2.24) is 20.5 Å². The number of rotatable bonds is 7. The van der Waals surface area contributed by atoms with Gasteiger partial charge in [0.25, 0.3) is 0 Å². The lowest BCUT2D eigenvalue weighted by molar-refractivity contribution is -0.173. The molecular weight excluding hydrogens is 381 g/mol. The zero-order valence-electron chi connectivity index (χ0n) is 13.0. The predicted octanol–water partition coefficient (Wildman–Crippen LogP) is 3.29. The summed E-state index contributed by atoms with van der Waals surface area (Å²) >= 11 is 7.22. The second-order valence-electron chi connectivity index (χ2n) is 4.77. The number of methoxy groups -OCH3 is 1. The van der Waals surface area contributed by atoms with Gasteiger partial charge in [0, 0.05) is 17.3 Å². The lowest BCUT2D eigenvalue weighted by atomic mass is 10.2. The Bertz CT molecular complexity index is 739. The fraction of sp³-hybridized carbons (Fsp3) is 0.357. The minimum absolute atomic E-state index is 0.0786. The first kappa shape index (κ1) is 19.4. The number of amides is 1. The van der Waals surface area contributed by atoms with E-state index in [1.165, 1.54) is 18.9 Å². The average Bonchev–Trinajstić information content (AvgIpc) is 3.02. The van der Waals surface area contributed by atoms with Gasteiger partial charge in [-0.25, -0.2) is 4.98 Å². The maximum atomic E-state index is 12.0. The van der Waals surface area contributed by atoms with E-state index in [4.69, 9.17) is 16.3 Å². The van der Waals surface area contributed by atoms with Crippen LogP contribution in [-0.4, -0.2) is 46.7 Å². The number of H-pyrrole nitrogens is 1. The van der Waals surface area contributed by atoms with Crippen molar-refractivity contribution in [2.75, 3.05) is 19.4 Å². The molecule has 2 rings (SSSR count). The molecule has 0 spiro atoms. The molecule has 25 heavy (non-hydrogen) atoms. The van der Waals surface area contributed by atoms with Crippen molar-refractivity contribution in [2.45, 2.75) is 17.8 Å². The number of ether oxygens (including phenoxy) is 1. The van der Waals surface area contributed by atoms with E-state index in [1.807, 2.05) is 0 Å². The van der Waals surface area contributed by atoms with Crippen molar-refractivity contribution in [3.8, 4) is 17.1 Å². The molecule has 0 saturated heterocycles. The molecule has 6 nitrogen and oxygen atoms in total. The molecule has 0 aliphatic heterocycles. The van der Waals surface area contributed by atoms with E-state index < -0.39 is 12.1 Å². The van der Waals surface area contributed by atoms with Crippen LogP contribution in [0.3, 0.4) is 0 Å². The molecule has 0 saturated carbocycles. The standard InChI is InChI=1S/C14H14ClF3N4O2S/c1-24-10-4-3-8(15)7-9(10)11-20-13(22-21-11)25-6-2-5-19-12(23)14(16,17)18/h3-4,7H,2,5-6H2,1H3,(H,19,23)(H,20,21,22). The lowest BCUT2D eigenvalue weighted by Gasteiger charge is -2.06. The molecule has 136 valence electrons. The quantitative estimate of drug-likeness (QED) is 0.556. The van der Waals surface area contributed by atoms with Crippen LogP contribution < -0.4 is 10.1 Å². The Morgan fingerprint density at radius 2 is 2.20 bits per heavy atom. The second-order valence-corrected chi connectivity index (χ2v) is 6.27. The van der Waals surface area contributed by atoms with Gasteiger partial charge in [0.2, 0.25) is 5.16 Å².